The highest BCUT2D eigenvalue weighted by molar-refractivity contribution is 7.94. The molecule has 2 aliphatic rings. The molecule has 7 nitrogen and oxygen atoms in total. The summed E-state index contributed by atoms with van der Waals surface area (Å²) in [5, 5.41) is 3.58. The van der Waals surface area contributed by atoms with Crippen molar-refractivity contribution in [3.05, 3.63) is 119 Å². The van der Waals surface area contributed by atoms with Crippen molar-refractivity contribution < 1.29 is 22.8 Å². The minimum absolute atomic E-state index is 0.0444. The number of nitrogens with zero attached hydrogens (tertiary/aromatic N) is 2. The van der Waals surface area contributed by atoms with Crippen LogP contribution in [-0.2, 0) is 14.6 Å². The number of benzene rings is 5. The van der Waals surface area contributed by atoms with Crippen LogP contribution in [0.3, 0.4) is 0 Å². The summed E-state index contributed by atoms with van der Waals surface area (Å²) >= 11 is 6.01. The van der Waals surface area contributed by atoms with Gasteiger partial charge in [0.05, 0.1) is 10.6 Å². The first-order valence-electron chi connectivity index (χ1n) is 14.4. The van der Waals surface area contributed by atoms with Gasteiger partial charge >= 0.3 is 0 Å². The van der Waals surface area contributed by atoms with Crippen molar-refractivity contribution in [1.82, 2.24) is 4.90 Å². The van der Waals surface area contributed by atoms with Crippen LogP contribution in [0.15, 0.2) is 108 Å². The highest BCUT2D eigenvalue weighted by atomic mass is 35.5. The zero-order valence-corrected chi connectivity index (χ0v) is 25.1. The fourth-order valence-electron chi connectivity index (χ4n) is 6.24. The summed E-state index contributed by atoms with van der Waals surface area (Å²) in [4.78, 5) is 44.2. The van der Waals surface area contributed by atoms with Crippen LogP contribution < -0.4 is 4.90 Å². The molecule has 1 fully saturated rings. The van der Waals surface area contributed by atoms with E-state index in [1.165, 1.54) is 34.1 Å². The van der Waals surface area contributed by atoms with Crippen LogP contribution in [0.2, 0.25) is 5.02 Å². The van der Waals surface area contributed by atoms with Crippen LogP contribution in [0, 0.1) is 0 Å². The smallest absolute Gasteiger partial charge is 0.261 e. The number of hydrogen-bond donors (Lipinski definition) is 0. The minimum Gasteiger partial charge on any atom is -0.310 e. The van der Waals surface area contributed by atoms with Gasteiger partial charge in [0.2, 0.25) is 5.91 Å². The van der Waals surface area contributed by atoms with E-state index >= 15 is 0 Å². The Hall–Kier alpha value is -4.53. The standard InChI is InChI=1S/C35H27ClN2O5S/c36-25-15-17-26(18-16-25)44(42,43)35(19-20-35)34(41)37(30-14-5-8-23-7-1-2-11-27(23)30)21-6-22-38-32(39)28-12-3-9-24-10-4-13-29(31(24)28)33(38)40/h1-5,7-18H,6,19-22H2. The van der Waals surface area contributed by atoms with E-state index in [-0.39, 0.29) is 49.1 Å². The van der Waals surface area contributed by atoms with E-state index in [1.807, 2.05) is 48.5 Å². The van der Waals surface area contributed by atoms with Gasteiger partial charge in [0.25, 0.3) is 11.8 Å². The number of carbonyl (C=O) groups excluding carboxylic acids is 3. The monoisotopic (exact) mass is 622 g/mol. The first-order valence-corrected chi connectivity index (χ1v) is 16.3. The third-order valence-corrected chi connectivity index (χ3v) is 11.4. The van der Waals surface area contributed by atoms with E-state index in [4.69, 9.17) is 11.6 Å². The predicted octanol–water partition coefficient (Wildman–Crippen LogP) is 6.67. The quantitative estimate of drug-likeness (QED) is 0.180. The van der Waals surface area contributed by atoms with E-state index in [9.17, 15) is 22.8 Å². The number of hydrogen-bond acceptors (Lipinski definition) is 5. The Morgan fingerprint density at radius 2 is 1.36 bits per heavy atom. The van der Waals surface area contributed by atoms with Crippen LogP contribution in [0.1, 0.15) is 40.0 Å². The normalized spacial score (nSPS) is 15.5. The van der Waals surface area contributed by atoms with Crippen molar-refractivity contribution in [1.29, 1.82) is 0 Å². The number of fused-ring (bicyclic) bond motifs is 1. The van der Waals surface area contributed by atoms with Crippen molar-refractivity contribution in [2.75, 3.05) is 18.0 Å². The van der Waals surface area contributed by atoms with Crippen LogP contribution in [0.25, 0.3) is 21.5 Å². The van der Waals surface area contributed by atoms with Gasteiger partial charge in [0.15, 0.2) is 14.6 Å². The average molecular weight is 623 g/mol. The summed E-state index contributed by atoms with van der Waals surface area (Å²) in [5.41, 5.74) is 1.51. The van der Waals surface area contributed by atoms with Gasteiger partial charge in [-0.2, -0.15) is 0 Å². The number of halogens is 1. The van der Waals surface area contributed by atoms with Crippen molar-refractivity contribution in [3.63, 3.8) is 0 Å². The Bertz CT molecular complexity index is 2050. The molecule has 7 rings (SSSR count). The van der Waals surface area contributed by atoms with Crippen LogP contribution in [0.4, 0.5) is 5.69 Å². The Kier molecular flexibility index (Phi) is 6.79. The zero-order valence-electron chi connectivity index (χ0n) is 23.6. The Balaban J connectivity index is 1.22. The van der Waals surface area contributed by atoms with Crippen LogP contribution in [-0.4, -0.2) is 48.9 Å². The number of sulfone groups is 1. The number of anilines is 1. The molecule has 9 heteroatoms. The summed E-state index contributed by atoms with van der Waals surface area (Å²) in [7, 11) is -4.04. The van der Waals surface area contributed by atoms with Gasteiger partial charge in [-0.1, -0.05) is 72.3 Å². The summed E-state index contributed by atoms with van der Waals surface area (Å²) in [5.74, 6) is -1.28. The molecular weight excluding hydrogens is 596 g/mol. The van der Waals surface area contributed by atoms with Gasteiger partial charge < -0.3 is 4.90 Å². The van der Waals surface area contributed by atoms with Crippen molar-refractivity contribution in [3.8, 4) is 0 Å². The van der Waals surface area contributed by atoms with Crippen LogP contribution in [0.5, 0.6) is 0 Å². The maximum Gasteiger partial charge on any atom is 0.261 e. The maximum atomic E-state index is 14.4. The second-order valence-electron chi connectivity index (χ2n) is 11.2. The molecule has 5 aromatic rings. The Labute approximate surface area is 259 Å². The molecule has 0 saturated heterocycles. The third kappa shape index (κ3) is 4.40. The summed E-state index contributed by atoms with van der Waals surface area (Å²) < 4.78 is 26.2. The Morgan fingerprint density at radius 1 is 0.773 bits per heavy atom. The van der Waals surface area contributed by atoms with Gasteiger partial charge in [-0.3, -0.25) is 19.3 Å². The first kappa shape index (κ1) is 28.3. The molecule has 0 radical (unpaired) electrons. The lowest BCUT2D eigenvalue weighted by Gasteiger charge is -2.31. The van der Waals surface area contributed by atoms with Gasteiger partial charge in [0.1, 0.15) is 0 Å². The van der Waals surface area contributed by atoms with Crippen molar-refractivity contribution in [2.45, 2.75) is 28.9 Å². The van der Waals surface area contributed by atoms with Gasteiger partial charge in [-0.05, 0) is 72.5 Å². The lowest BCUT2D eigenvalue weighted by Crippen LogP contribution is -2.47. The average Bonchev–Trinajstić information content (AvgIpc) is 3.86. The number of amides is 3. The molecule has 1 heterocycles. The van der Waals surface area contributed by atoms with Gasteiger partial charge in [-0.15, -0.1) is 0 Å². The number of imide groups is 1. The lowest BCUT2D eigenvalue weighted by atomic mass is 9.94. The molecule has 220 valence electrons. The topological polar surface area (TPSA) is 91.8 Å². The molecule has 0 N–H and O–H groups in total. The second-order valence-corrected chi connectivity index (χ2v) is 13.9. The van der Waals surface area contributed by atoms with Crippen molar-refractivity contribution in [2.24, 2.45) is 0 Å². The lowest BCUT2D eigenvalue weighted by molar-refractivity contribution is -0.118. The molecule has 0 unspecified atom stereocenters. The second kappa shape index (κ2) is 10.6. The van der Waals surface area contributed by atoms with Crippen LogP contribution >= 0.6 is 11.6 Å². The number of carbonyl (C=O) groups is 3. The molecule has 1 saturated carbocycles. The Morgan fingerprint density at radius 3 is 2.02 bits per heavy atom. The SMILES string of the molecule is O=C1c2cccc3cccc(c23)C(=O)N1CCCN(C(=O)C1(S(=O)(=O)c2ccc(Cl)cc2)CC1)c1cccc2ccccc12. The van der Waals surface area contributed by atoms with E-state index in [2.05, 4.69) is 0 Å². The largest absolute Gasteiger partial charge is 0.310 e. The molecule has 0 aromatic heterocycles. The minimum atomic E-state index is -4.04. The molecule has 1 aliphatic heterocycles. The van der Waals surface area contributed by atoms with E-state index in [1.54, 1.807) is 30.3 Å². The molecule has 0 atom stereocenters. The first-order chi connectivity index (χ1) is 21.2. The van der Waals surface area contributed by atoms with E-state index < -0.39 is 20.5 Å². The third-order valence-electron chi connectivity index (χ3n) is 8.65. The molecular formula is C35H27ClN2O5S. The molecule has 0 bridgehead atoms. The molecule has 5 aromatic carbocycles. The molecule has 0 spiro atoms. The zero-order chi connectivity index (χ0) is 30.6. The fraction of sp³-hybridized carbons (Fsp3) is 0.171. The highest BCUT2D eigenvalue weighted by Gasteiger charge is 2.62. The summed E-state index contributed by atoms with van der Waals surface area (Å²) in [6.07, 6.45) is 0.644. The molecule has 3 amide bonds. The van der Waals surface area contributed by atoms with Crippen molar-refractivity contribution >= 4 is 66.4 Å². The summed E-state index contributed by atoms with van der Waals surface area (Å²) in [6, 6.07) is 29.8. The van der Waals surface area contributed by atoms with Gasteiger partial charge in [-0.25, -0.2) is 8.42 Å². The molecule has 44 heavy (non-hydrogen) atoms. The van der Waals surface area contributed by atoms with E-state index in [0.29, 0.717) is 27.2 Å². The summed E-state index contributed by atoms with van der Waals surface area (Å²) in [6.45, 7) is 0.168. The predicted molar refractivity (Wildman–Crippen MR) is 171 cm³/mol. The number of rotatable bonds is 8. The molecule has 1 aliphatic carbocycles. The fourth-order valence-corrected chi connectivity index (χ4v) is 8.29. The van der Waals surface area contributed by atoms with Gasteiger partial charge in [0, 0.05) is 40.0 Å². The maximum absolute atomic E-state index is 14.4. The van der Waals surface area contributed by atoms with E-state index in [0.717, 1.165) is 16.2 Å². The highest BCUT2D eigenvalue weighted by Crippen LogP contribution is 2.49.